The number of pyridine rings is 1. The second kappa shape index (κ2) is 2.83. The summed E-state index contributed by atoms with van der Waals surface area (Å²) in [5, 5.41) is 1.34. The van der Waals surface area contributed by atoms with Crippen LogP contribution in [0, 0.1) is 0 Å². The van der Waals surface area contributed by atoms with Gasteiger partial charge in [0.15, 0.2) is 0 Å². The minimum atomic E-state index is 0.921. The van der Waals surface area contributed by atoms with Crippen LogP contribution in [0.15, 0.2) is 16.7 Å². The molecule has 0 N–H and O–H groups in total. The highest BCUT2D eigenvalue weighted by atomic mass is 79.9. The molecular formula is C11H11BrN2. The Kier molecular flexibility index (Phi) is 1.71. The summed E-state index contributed by atoms with van der Waals surface area (Å²) in [6, 6.07) is 4.21. The van der Waals surface area contributed by atoms with Crippen molar-refractivity contribution in [3.8, 4) is 0 Å². The van der Waals surface area contributed by atoms with Gasteiger partial charge >= 0.3 is 0 Å². The molecule has 1 aliphatic rings. The van der Waals surface area contributed by atoms with Gasteiger partial charge < -0.3 is 4.57 Å². The Morgan fingerprint density at radius 2 is 2.21 bits per heavy atom. The van der Waals surface area contributed by atoms with Crippen molar-refractivity contribution in [1.29, 1.82) is 0 Å². The van der Waals surface area contributed by atoms with Crippen molar-refractivity contribution >= 4 is 27.0 Å². The van der Waals surface area contributed by atoms with Gasteiger partial charge in [0.1, 0.15) is 10.3 Å². The molecule has 14 heavy (non-hydrogen) atoms. The lowest BCUT2D eigenvalue weighted by Crippen LogP contribution is -1.95. The van der Waals surface area contributed by atoms with E-state index >= 15 is 0 Å². The lowest BCUT2D eigenvalue weighted by atomic mass is 10.2. The molecule has 0 bridgehead atoms. The van der Waals surface area contributed by atoms with E-state index in [2.05, 4.69) is 38.6 Å². The first-order chi connectivity index (χ1) is 6.77. The molecule has 72 valence electrons. The van der Waals surface area contributed by atoms with Crippen LogP contribution >= 0.6 is 15.9 Å². The van der Waals surface area contributed by atoms with Gasteiger partial charge in [0.05, 0.1) is 0 Å². The third kappa shape index (κ3) is 0.989. The third-order valence-electron chi connectivity index (χ3n) is 3.08. The number of halogens is 1. The number of aryl methyl sites for hydroxylation is 2. The largest absolute Gasteiger partial charge is 0.332 e. The van der Waals surface area contributed by atoms with E-state index in [4.69, 9.17) is 0 Å². The van der Waals surface area contributed by atoms with Gasteiger partial charge in [-0.2, -0.15) is 0 Å². The van der Waals surface area contributed by atoms with Crippen LogP contribution in [0.3, 0.4) is 0 Å². The van der Waals surface area contributed by atoms with Crippen LogP contribution in [-0.2, 0) is 19.9 Å². The van der Waals surface area contributed by atoms with Crippen molar-refractivity contribution < 1.29 is 0 Å². The first kappa shape index (κ1) is 8.48. The molecule has 1 aliphatic carbocycles. The highest BCUT2D eigenvalue weighted by Crippen LogP contribution is 2.31. The predicted molar refractivity (Wildman–Crippen MR) is 60.4 cm³/mol. The number of hydrogen-bond acceptors (Lipinski definition) is 1. The molecular weight excluding hydrogens is 240 g/mol. The maximum atomic E-state index is 4.52. The Labute approximate surface area is 91.1 Å². The molecule has 2 heterocycles. The molecule has 2 aromatic rings. The zero-order valence-corrected chi connectivity index (χ0v) is 9.63. The fourth-order valence-corrected chi connectivity index (χ4v) is 2.73. The first-order valence-electron chi connectivity index (χ1n) is 4.90. The maximum Gasteiger partial charge on any atom is 0.141 e. The Balaban J connectivity index is 2.45. The number of rotatable bonds is 0. The molecule has 0 spiro atoms. The van der Waals surface area contributed by atoms with Crippen molar-refractivity contribution in [2.75, 3.05) is 0 Å². The van der Waals surface area contributed by atoms with Crippen molar-refractivity contribution in [2.45, 2.75) is 19.3 Å². The molecule has 2 aromatic heterocycles. The van der Waals surface area contributed by atoms with E-state index in [1.54, 1.807) is 0 Å². The zero-order chi connectivity index (χ0) is 9.71. The fourth-order valence-electron chi connectivity index (χ4n) is 2.43. The van der Waals surface area contributed by atoms with Crippen LogP contribution in [0.5, 0.6) is 0 Å². The molecule has 0 radical (unpaired) electrons. The Morgan fingerprint density at radius 1 is 1.36 bits per heavy atom. The van der Waals surface area contributed by atoms with Gasteiger partial charge in [-0.15, -0.1) is 0 Å². The van der Waals surface area contributed by atoms with E-state index in [0.717, 1.165) is 10.3 Å². The van der Waals surface area contributed by atoms with Gasteiger partial charge in [-0.3, -0.25) is 0 Å². The molecule has 3 heteroatoms. The van der Waals surface area contributed by atoms with Crippen LogP contribution in [0.4, 0.5) is 0 Å². The van der Waals surface area contributed by atoms with E-state index in [0.29, 0.717) is 0 Å². The average molecular weight is 251 g/mol. The Bertz CT molecular complexity index is 513. The minimum absolute atomic E-state index is 0.921. The van der Waals surface area contributed by atoms with E-state index in [-0.39, 0.29) is 0 Å². The highest BCUT2D eigenvalue weighted by Gasteiger charge is 2.20. The van der Waals surface area contributed by atoms with Crippen LogP contribution in [-0.4, -0.2) is 9.55 Å². The Hall–Kier alpha value is -0.830. The van der Waals surface area contributed by atoms with E-state index in [1.165, 1.54) is 35.9 Å². The summed E-state index contributed by atoms with van der Waals surface area (Å²) < 4.78 is 3.16. The van der Waals surface area contributed by atoms with Crippen LogP contribution < -0.4 is 0 Å². The molecule has 0 aliphatic heterocycles. The van der Waals surface area contributed by atoms with E-state index < -0.39 is 0 Å². The van der Waals surface area contributed by atoms with Crippen molar-refractivity contribution in [2.24, 2.45) is 7.05 Å². The molecule has 0 fully saturated rings. The summed E-state index contributed by atoms with van der Waals surface area (Å²) in [7, 11) is 2.12. The quantitative estimate of drug-likeness (QED) is 0.658. The fraction of sp³-hybridized carbons (Fsp3) is 0.364. The summed E-state index contributed by atoms with van der Waals surface area (Å²) in [5.41, 5.74) is 4.11. The number of fused-ring (bicyclic) bond motifs is 3. The van der Waals surface area contributed by atoms with Crippen molar-refractivity contribution in [1.82, 2.24) is 9.55 Å². The zero-order valence-electron chi connectivity index (χ0n) is 8.05. The van der Waals surface area contributed by atoms with Crippen molar-refractivity contribution in [3.05, 3.63) is 28.0 Å². The molecule has 0 unspecified atom stereocenters. The topological polar surface area (TPSA) is 17.8 Å². The van der Waals surface area contributed by atoms with E-state index in [9.17, 15) is 0 Å². The summed E-state index contributed by atoms with van der Waals surface area (Å²) in [6.07, 6.45) is 3.72. The smallest absolute Gasteiger partial charge is 0.141 e. The van der Waals surface area contributed by atoms with Crippen LogP contribution in [0.25, 0.3) is 11.0 Å². The number of aromatic nitrogens is 2. The summed E-state index contributed by atoms with van der Waals surface area (Å²) in [4.78, 5) is 4.52. The maximum absolute atomic E-state index is 4.52. The number of hydrogen-bond donors (Lipinski definition) is 0. The summed E-state index contributed by atoms with van der Waals surface area (Å²) in [6.45, 7) is 0. The van der Waals surface area contributed by atoms with Gasteiger partial charge in [0.2, 0.25) is 0 Å². The standard InChI is InChI=1S/C11H11BrN2/c1-14-9-4-2-3-7(9)8-5-6-10(12)13-11(8)14/h5-6H,2-4H2,1H3. The molecule has 0 saturated heterocycles. The van der Waals surface area contributed by atoms with Crippen molar-refractivity contribution in [3.63, 3.8) is 0 Å². The molecule has 2 nitrogen and oxygen atoms in total. The van der Waals surface area contributed by atoms with Gasteiger partial charge in [-0.05, 0) is 52.9 Å². The molecule has 0 atom stereocenters. The predicted octanol–water partition coefficient (Wildman–Crippen LogP) is 2.82. The third-order valence-corrected chi connectivity index (χ3v) is 3.52. The first-order valence-corrected chi connectivity index (χ1v) is 5.69. The monoisotopic (exact) mass is 250 g/mol. The average Bonchev–Trinajstić information content (AvgIpc) is 2.72. The molecule has 0 amide bonds. The van der Waals surface area contributed by atoms with E-state index in [1.807, 2.05) is 6.07 Å². The lowest BCUT2D eigenvalue weighted by Gasteiger charge is -1.99. The second-order valence-electron chi connectivity index (χ2n) is 3.84. The van der Waals surface area contributed by atoms with Crippen LogP contribution in [0.1, 0.15) is 17.7 Å². The highest BCUT2D eigenvalue weighted by molar-refractivity contribution is 9.10. The van der Waals surface area contributed by atoms with Gasteiger partial charge in [-0.25, -0.2) is 4.98 Å². The van der Waals surface area contributed by atoms with Gasteiger partial charge in [0.25, 0.3) is 0 Å². The van der Waals surface area contributed by atoms with Gasteiger partial charge in [0, 0.05) is 18.1 Å². The minimum Gasteiger partial charge on any atom is -0.332 e. The second-order valence-corrected chi connectivity index (χ2v) is 4.66. The molecule has 0 aromatic carbocycles. The molecule has 0 saturated carbocycles. The summed E-state index contributed by atoms with van der Waals surface area (Å²) in [5.74, 6) is 0. The summed E-state index contributed by atoms with van der Waals surface area (Å²) >= 11 is 3.42. The molecule has 3 rings (SSSR count). The number of nitrogens with zero attached hydrogens (tertiary/aromatic N) is 2. The van der Waals surface area contributed by atoms with Gasteiger partial charge in [-0.1, -0.05) is 0 Å². The lowest BCUT2D eigenvalue weighted by molar-refractivity contribution is 0.823. The van der Waals surface area contributed by atoms with Crippen LogP contribution in [0.2, 0.25) is 0 Å². The normalized spacial score (nSPS) is 15.0. The SMILES string of the molecule is Cn1c2c(c3ccc(Br)nc31)CCC2. The Morgan fingerprint density at radius 3 is 3.07 bits per heavy atom.